The van der Waals surface area contributed by atoms with E-state index < -0.39 is 5.91 Å². The Morgan fingerprint density at radius 3 is 2.60 bits per heavy atom. The predicted octanol–water partition coefficient (Wildman–Crippen LogP) is 3.65. The van der Waals surface area contributed by atoms with Gasteiger partial charge in [0.05, 0.1) is 17.8 Å². The van der Waals surface area contributed by atoms with Crippen LogP contribution in [0.3, 0.4) is 0 Å². The summed E-state index contributed by atoms with van der Waals surface area (Å²) in [7, 11) is 0. The van der Waals surface area contributed by atoms with Gasteiger partial charge in [0.2, 0.25) is 5.91 Å². The normalized spacial score (nSPS) is 10.4. The number of thioether (sulfide) groups is 1. The molecule has 0 unspecified atom stereocenters. The highest BCUT2D eigenvalue weighted by Crippen LogP contribution is 2.18. The molecule has 0 atom stereocenters. The van der Waals surface area contributed by atoms with E-state index in [9.17, 15) is 9.59 Å². The van der Waals surface area contributed by atoms with E-state index in [0.717, 1.165) is 12.2 Å². The number of anilines is 1. The Morgan fingerprint density at radius 1 is 1.20 bits per heavy atom. The largest absolute Gasteiger partial charge is 0.342 e. The van der Waals surface area contributed by atoms with Gasteiger partial charge in [-0.1, -0.05) is 41.9 Å². The molecule has 0 saturated carbocycles. The molecule has 0 saturated heterocycles. The predicted molar refractivity (Wildman–Crippen MR) is 100 cm³/mol. The standard InChI is InChI=1S/C16H16Cl2N4O2S/c1-2-7-25-16-20-8-12(18)14(22-16)15(24)19-9-13(23)21-11-5-3-10(17)4-6-11/h3-6,8H,2,7,9H2,1H3,(H,19,24)(H,21,23). The lowest BCUT2D eigenvalue weighted by Gasteiger charge is -2.08. The van der Waals surface area contributed by atoms with Crippen molar-refractivity contribution in [2.24, 2.45) is 0 Å². The Kier molecular flexibility index (Phi) is 7.49. The average Bonchev–Trinajstić information content (AvgIpc) is 2.61. The lowest BCUT2D eigenvalue weighted by Crippen LogP contribution is -2.33. The first kappa shape index (κ1) is 19.5. The van der Waals surface area contributed by atoms with E-state index in [1.807, 2.05) is 6.92 Å². The zero-order valence-electron chi connectivity index (χ0n) is 13.4. The van der Waals surface area contributed by atoms with Crippen molar-refractivity contribution in [2.75, 3.05) is 17.6 Å². The van der Waals surface area contributed by atoms with Gasteiger partial charge in [-0.05, 0) is 30.7 Å². The number of carbonyl (C=O) groups is 2. The summed E-state index contributed by atoms with van der Waals surface area (Å²) < 4.78 is 0. The van der Waals surface area contributed by atoms with Crippen LogP contribution >= 0.6 is 35.0 Å². The SMILES string of the molecule is CCCSc1ncc(Cl)c(C(=O)NCC(=O)Nc2ccc(Cl)cc2)n1. The van der Waals surface area contributed by atoms with Crippen LogP contribution < -0.4 is 10.6 Å². The van der Waals surface area contributed by atoms with Gasteiger partial charge in [0.25, 0.3) is 5.91 Å². The van der Waals surface area contributed by atoms with Crippen LogP contribution in [-0.4, -0.2) is 34.1 Å². The summed E-state index contributed by atoms with van der Waals surface area (Å²) in [6.45, 7) is 1.83. The third kappa shape index (κ3) is 6.19. The number of rotatable bonds is 7. The quantitative estimate of drug-likeness (QED) is 0.549. The van der Waals surface area contributed by atoms with Gasteiger partial charge < -0.3 is 10.6 Å². The summed E-state index contributed by atoms with van der Waals surface area (Å²) in [5.41, 5.74) is 0.636. The molecule has 0 aliphatic rings. The molecular formula is C16H16Cl2N4O2S. The lowest BCUT2D eigenvalue weighted by molar-refractivity contribution is -0.115. The van der Waals surface area contributed by atoms with E-state index in [4.69, 9.17) is 23.2 Å². The van der Waals surface area contributed by atoms with Gasteiger partial charge in [-0.25, -0.2) is 9.97 Å². The summed E-state index contributed by atoms with van der Waals surface area (Å²) in [5.74, 6) is -0.0648. The highest BCUT2D eigenvalue weighted by atomic mass is 35.5. The molecule has 0 aliphatic heterocycles. The van der Waals surface area contributed by atoms with Crippen LogP contribution in [0.1, 0.15) is 23.8 Å². The molecule has 0 fully saturated rings. The van der Waals surface area contributed by atoms with Crippen LogP contribution in [0, 0.1) is 0 Å². The van der Waals surface area contributed by atoms with Crippen LogP contribution in [0.15, 0.2) is 35.6 Å². The van der Waals surface area contributed by atoms with E-state index >= 15 is 0 Å². The minimum absolute atomic E-state index is 0.0505. The fraction of sp³-hybridized carbons (Fsp3) is 0.250. The van der Waals surface area contributed by atoms with Crippen LogP contribution in [0.5, 0.6) is 0 Å². The molecule has 2 rings (SSSR count). The van der Waals surface area contributed by atoms with Crippen LogP contribution in [0.2, 0.25) is 10.0 Å². The Bertz CT molecular complexity index is 756. The van der Waals surface area contributed by atoms with Crippen molar-refractivity contribution in [3.05, 3.63) is 46.2 Å². The molecule has 0 aliphatic carbocycles. The molecule has 0 bridgehead atoms. The summed E-state index contributed by atoms with van der Waals surface area (Å²) >= 11 is 13.2. The first-order valence-electron chi connectivity index (χ1n) is 7.48. The van der Waals surface area contributed by atoms with E-state index in [1.165, 1.54) is 18.0 Å². The molecule has 9 heteroatoms. The van der Waals surface area contributed by atoms with Crippen LogP contribution in [-0.2, 0) is 4.79 Å². The highest BCUT2D eigenvalue weighted by molar-refractivity contribution is 7.99. The number of nitrogens with one attached hydrogen (secondary N) is 2. The topological polar surface area (TPSA) is 84.0 Å². The maximum absolute atomic E-state index is 12.2. The smallest absolute Gasteiger partial charge is 0.272 e. The molecule has 1 aromatic carbocycles. The maximum atomic E-state index is 12.2. The molecule has 1 heterocycles. The minimum atomic E-state index is -0.531. The molecule has 1 aromatic heterocycles. The van der Waals surface area contributed by atoms with Gasteiger partial charge in [-0.3, -0.25) is 9.59 Å². The van der Waals surface area contributed by atoms with Gasteiger partial charge in [0.1, 0.15) is 0 Å². The lowest BCUT2D eigenvalue weighted by atomic mass is 10.3. The minimum Gasteiger partial charge on any atom is -0.342 e. The second-order valence-corrected chi connectivity index (χ2v) is 6.84. The summed E-state index contributed by atoms with van der Waals surface area (Å²) in [5, 5.41) is 6.32. The Labute approximate surface area is 159 Å². The van der Waals surface area contributed by atoms with Gasteiger partial charge in [0.15, 0.2) is 10.9 Å². The summed E-state index contributed by atoms with van der Waals surface area (Å²) in [6.07, 6.45) is 2.35. The third-order valence-corrected chi connectivity index (χ3v) is 4.51. The number of carbonyl (C=O) groups excluding carboxylic acids is 2. The number of benzene rings is 1. The number of halogens is 2. The molecular weight excluding hydrogens is 383 g/mol. The summed E-state index contributed by atoms with van der Waals surface area (Å²) in [4.78, 5) is 32.3. The highest BCUT2D eigenvalue weighted by Gasteiger charge is 2.15. The Balaban J connectivity index is 1.92. The van der Waals surface area contributed by atoms with Gasteiger partial charge in [-0.2, -0.15) is 0 Å². The number of hydrogen-bond acceptors (Lipinski definition) is 5. The van der Waals surface area contributed by atoms with Crippen LogP contribution in [0.25, 0.3) is 0 Å². The Hall–Kier alpha value is -1.83. The molecule has 0 spiro atoms. The molecule has 6 nitrogen and oxygen atoms in total. The van der Waals surface area contributed by atoms with Crippen LogP contribution in [0.4, 0.5) is 5.69 Å². The molecule has 25 heavy (non-hydrogen) atoms. The van der Waals surface area contributed by atoms with E-state index in [0.29, 0.717) is 15.9 Å². The number of aromatic nitrogens is 2. The molecule has 2 N–H and O–H groups in total. The zero-order chi connectivity index (χ0) is 18.2. The van der Waals surface area contributed by atoms with E-state index in [2.05, 4.69) is 20.6 Å². The average molecular weight is 399 g/mol. The third-order valence-electron chi connectivity index (χ3n) is 2.91. The van der Waals surface area contributed by atoms with Gasteiger partial charge in [-0.15, -0.1) is 0 Å². The second kappa shape index (κ2) is 9.60. The monoisotopic (exact) mass is 398 g/mol. The van der Waals surface area contributed by atoms with Gasteiger partial charge in [0, 0.05) is 16.5 Å². The van der Waals surface area contributed by atoms with Crippen molar-refractivity contribution in [3.8, 4) is 0 Å². The van der Waals surface area contributed by atoms with E-state index in [-0.39, 0.29) is 23.2 Å². The molecule has 2 aromatic rings. The fourth-order valence-electron chi connectivity index (χ4n) is 1.76. The number of hydrogen-bond donors (Lipinski definition) is 2. The first-order valence-corrected chi connectivity index (χ1v) is 9.22. The number of nitrogens with zero attached hydrogens (tertiary/aromatic N) is 2. The van der Waals surface area contributed by atoms with Crippen molar-refractivity contribution >= 4 is 52.5 Å². The van der Waals surface area contributed by atoms with Crippen molar-refractivity contribution in [3.63, 3.8) is 0 Å². The first-order chi connectivity index (χ1) is 12.0. The maximum Gasteiger partial charge on any atom is 0.272 e. The Morgan fingerprint density at radius 2 is 1.92 bits per heavy atom. The van der Waals surface area contributed by atoms with E-state index in [1.54, 1.807) is 24.3 Å². The van der Waals surface area contributed by atoms with Gasteiger partial charge >= 0.3 is 0 Å². The molecule has 0 radical (unpaired) electrons. The molecule has 132 valence electrons. The summed E-state index contributed by atoms with van der Waals surface area (Å²) in [6, 6.07) is 6.65. The zero-order valence-corrected chi connectivity index (χ0v) is 15.7. The fourth-order valence-corrected chi connectivity index (χ4v) is 2.73. The van der Waals surface area contributed by atoms with Crippen molar-refractivity contribution in [1.29, 1.82) is 0 Å². The van der Waals surface area contributed by atoms with Crippen molar-refractivity contribution in [1.82, 2.24) is 15.3 Å². The number of amides is 2. The van der Waals surface area contributed by atoms with Crippen molar-refractivity contribution < 1.29 is 9.59 Å². The molecule has 2 amide bonds. The van der Waals surface area contributed by atoms with Crippen molar-refractivity contribution in [2.45, 2.75) is 18.5 Å². The second-order valence-electron chi connectivity index (χ2n) is 4.94.